The van der Waals surface area contributed by atoms with Crippen LogP contribution >= 0.6 is 11.6 Å². The highest BCUT2D eigenvalue weighted by Crippen LogP contribution is 2.20. The minimum absolute atomic E-state index is 0.0221. The number of rotatable bonds is 6. The summed E-state index contributed by atoms with van der Waals surface area (Å²) in [7, 11) is 0. The first-order valence-corrected chi connectivity index (χ1v) is 6.94. The lowest BCUT2D eigenvalue weighted by molar-refractivity contribution is 0.231. The monoisotopic (exact) mass is 302 g/mol. The lowest BCUT2D eigenvalue weighted by Gasteiger charge is -2.18. The maximum atomic E-state index is 13.1. The van der Waals surface area contributed by atoms with Crippen LogP contribution < -0.4 is 10.6 Å². The van der Waals surface area contributed by atoms with E-state index in [-0.39, 0.29) is 29.7 Å². The van der Waals surface area contributed by atoms with Crippen LogP contribution in [-0.2, 0) is 0 Å². The van der Waals surface area contributed by atoms with Crippen molar-refractivity contribution < 1.29 is 14.3 Å². The Morgan fingerprint density at radius 1 is 1.40 bits per heavy atom. The first kappa shape index (κ1) is 16.7. The number of hydrogen-bond acceptors (Lipinski definition) is 2. The maximum Gasteiger partial charge on any atom is 0.315 e. The van der Waals surface area contributed by atoms with Crippen molar-refractivity contribution in [1.29, 1.82) is 0 Å². The van der Waals surface area contributed by atoms with Crippen LogP contribution in [0.1, 0.15) is 38.3 Å². The average Bonchev–Trinajstić information content (AvgIpc) is 2.39. The van der Waals surface area contributed by atoms with E-state index in [1.165, 1.54) is 12.1 Å². The van der Waals surface area contributed by atoms with Crippen molar-refractivity contribution in [3.05, 3.63) is 34.6 Å². The van der Waals surface area contributed by atoms with Crippen molar-refractivity contribution in [2.75, 3.05) is 6.61 Å². The Kier molecular flexibility index (Phi) is 6.75. The van der Waals surface area contributed by atoms with Gasteiger partial charge in [0.2, 0.25) is 0 Å². The Morgan fingerprint density at radius 3 is 2.70 bits per heavy atom. The van der Waals surface area contributed by atoms with Crippen molar-refractivity contribution in [3.63, 3.8) is 0 Å². The summed E-state index contributed by atoms with van der Waals surface area (Å²) in [5, 5.41) is 14.3. The van der Waals surface area contributed by atoms with Gasteiger partial charge in [-0.05, 0) is 44.4 Å². The normalized spacial score (nSPS) is 13.7. The first-order chi connectivity index (χ1) is 9.43. The van der Waals surface area contributed by atoms with E-state index in [9.17, 15) is 9.18 Å². The lowest BCUT2D eigenvalue weighted by Crippen LogP contribution is -2.41. The highest BCUT2D eigenvalue weighted by atomic mass is 35.5. The molecule has 2 unspecified atom stereocenters. The predicted octanol–water partition coefficient (Wildman–Crippen LogP) is 3.00. The third-order valence-electron chi connectivity index (χ3n) is 2.96. The van der Waals surface area contributed by atoms with E-state index in [2.05, 4.69) is 10.6 Å². The molecule has 3 N–H and O–H groups in total. The number of urea groups is 1. The number of nitrogens with one attached hydrogen (secondary N) is 2. The van der Waals surface area contributed by atoms with E-state index in [1.807, 2.05) is 6.92 Å². The lowest BCUT2D eigenvalue weighted by atomic mass is 10.1. The number of benzene rings is 1. The summed E-state index contributed by atoms with van der Waals surface area (Å²) in [5.41, 5.74) is 0.731. The van der Waals surface area contributed by atoms with Crippen LogP contribution in [0.3, 0.4) is 0 Å². The van der Waals surface area contributed by atoms with Crippen molar-refractivity contribution >= 4 is 17.6 Å². The zero-order valence-corrected chi connectivity index (χ0v) is 12.4. The summed E-state index contributed by atoms with van der Waals surface area (Å²) in [4.78, 5) is 11.8. The highest BCUT2D eigenvalue weighted by molar-refractivity contribution is 6.30. The van der Waals surface area contributed by atoms with Gasteiger partial charge in [0, 0.05) is 12.6 Å². The summed E-state index contributed by atoms with van der Waals surface area (Å²) in [6, 6.07) is 3.75. The number of hydrogen-bond donors (Lipinski definition) is 3. The molecule has 0 bridgehead atoms. The van der Waals surface area contributed by atoms with Gasteiger partial charge in [0.25, 0.3) is 0 Å². The third kappa shape index (κ3) is 5.35. The number of amides is 2. The van der Waals surface area contributed by atoms with Gasteiger partial charge in [-0.1, -0.05) is 17.7 Å². The standard InChI is InChI=1S/C14H20ClFN2O2/c1-9(4-3-7-19)17-14(20)18-10(2)11-5-6-13(16)12(15)8-11/h5-6,8-10,19H,3-4,7H2,1-2H3,(H2,17,18,20). The van der Waals surface area contributed by atoms with Gasteiger partial charge in [-0.3, -0.25) is 0 Å². The maximum absolute atomic E-state index is 13.1. The Morgan fingerprint density at radius 2 is 2.10 bits per heavy atom. The van der Waals surface area contributed by atoms with E-state index in [0.29, 0.717) is 12.8 Å². The zero-order chi connectivity index (χ0) is 15.1. The fraction of sp³-hybridized carbons (Fsp3) is 0.500. The molecule has 1 aromatic rings. The molecular formula is C14H20ClFN2O2. The van der Waals surface area contributed by atoms with Crippen LogP contribution in [0.4, 0.5) is 9.18 Å². The molecular weight excluding hydrogens is 283 g/mol. The van der Waals surface area contributed by atoms with E-state index in [4.69, 9.17) is 16.7 Å². The Bertz CT molecular complexity index is 457. The molecule has 0 aliphatic heterocycles. The van der Waals surface area contributed by atoms with Crippen molar-refractivity contribution in [3.8, 4) is 0 Å². The first-order valence-electron chi connectivity index (χ1n) is 6.57. The smallest absolute Gasteiger partial charge is 0.315 e. The van der Waals surface area contributed by atoms with Crippen molar-refractivity contribution in [1.82, 2.24) is 10.6 Å². The van der Waals surface area contributed by atoms with Crippen LogP contribution in [0, 0.1) is 5.82 Å². The van der Waals surface area contributed by atoms with Crippen LogP contribution in [0.25, 0.3) is 0 Å². The Hall–Kier alpha value is -1.33. The largest absolute Gasteiger partial charge is 0.396 e. The summed E-state index contributed by atoms with van der Waals surface area (Å²) in [6.45, 7) is 3.77. The topological polar surface area (TPSA) is 61.4 Å². The molecule has 20 heavy (non-hydrogen) atoms. The number of carbonyl (C=O) groups excluding carboxylic acids is 1. The third-order valence-corrected chi connectivity index (χ3v) is 3.25. The molecule has 2 amide bonds. The molecule has 0 aliphatic rings. The van der Waals surface area contributed by atoms with Crippen LogP contribution in [0.5, 0.6) is 0 Å². The number of carbonyl (C=O) groups is 1. The predicted molar refractivity (Wildman–Crippen MR) is 77.3 cm³/mol. The second kappa shape index (κ2) is 8.07. The molecule has 2 atom stereocenters. The van der Waals surface area contributed by atoms with E-state index >= 15 is 0 Å². The Balaban J connectivity index is 2.50. The quantitative estimate of drug-likeness (QED) is 0.756. The molecule has 0 aromatic heterocycles. The molecule has 0 heterocycles. The molecule has 6 heteroatoms. The molecule has 1 rings (SSSR count). The highest BCUT2D eigenvalue weighted by Gasteiger charge is 2.12. The SMILES string of the molecule is CC(CCCO)NC(=O)NC(C)c1ccc(F)c(Cl)c1. The summed E-state index contributed by atoms with van der Waals surface area (Å²) < 4.78 is 13.1. The Labute approximate surface area is 123 Å². The van der Waals surface area contributed by atoms with Crippen LogP contribution in [0.2, 0.25) is 5.02 Å². The van der Waals surface area contributed by atoms with Gasteiger partial charge in [0.05, 0.1) is 11.1 Å². The average molecular weight is 303 g/mol. The van der Waals surface area contributed by atoms with Crippen molar-refractivity contribution in [2.45, 2.75) is 38.8 Å². The molecule has 0 fully saturated rings. The van der Waals surface area contributed by atoms with E-state index in [1.54, 1.807) is 13.0 Å². The minimum Gasteiger partial charge on any atom is -0.396 e. The van der Waals surface area contributed by atoms with Gasteiger partial charge in [-0.2, -0.15) is 0 Å². The van der Waals surface area contributed by atoms with E-state index in [0.717, 1.165) is 5.56 Å². The van der Waals surface area contributed by atoms with Crippen molar-refractivity contribution in [2.24, 2.45) is 0 Å². The fourth-order valence-corrected chi connectivity index (χ4v) is 1.99. The summed E-state index contributed by atoms with van der Waals surface area (Å²) >= 11 is 5.71. The van der Waals surface area contributed by atoms with Crippen LogP contribution in [-0.4, -0.2) is 23.8 Å². The molecule has 112 valence electrons. The second-order valence-electron chi connectivity index (χ2n) is 4.78. The second-order valence-corrected chi connectivity index (χ2v) is 5.19. The molecule has 0 spiro atoms. The van der Waals surface area contributed by atoms with Gasteiger partial charge >= 0.3 is 6.03 Å². The molecule has 0 radical (unpaired) electrons. The van der Waals surface area contributed by atoms with Gasteiger partial charge in [-0.25, -0.2) is 9.18 Å². The number of aliphatic hydroxyl groups excluding tert-OH is 1. The van der Waals surface area contributed by atoms with E-state index < -0.39 is 5.82 Å². The molecule has 0 saturated heterocycles. The molecule has 0 aliphatic carbocycles. The fourth-order valence-electron chi connectivity index (χ4n) is 1.80. The number of aliphatic hydroxyl groups is 1. The van der Waals surface area contributed by atoms with Gasteiger partial charge in [0.1, 0.15) is 5.82 Å². The number of halogens is 2. The molecule has 0 saturated carbocycles. The van der Waals surface area contributed by atoms with Gasteiger partial charge in [0.15, 0.2) is 0 Å². The van der Waals surface area contributed by atoms with Gasteiger partial charge < -0.3 is 15.7 Å². The van der Waals surface area contributed by atoms with Gasteiger partial charge in [-0.15, -0.1) is 0 Å². The summed E-state index contributed by atoms with van der Waals surface area (Å²) in [5.74, 6) is -0.482. The molecule has 4 nitrogen and oxygen atoms in total. The summed E-state index contributed by atoms with van der Waals surface area (Å²) in [6.07, 6.45) is 1.35. The minimum atomic E-state index is -0.482. The molecule has 1 aromatic carbocycles. The zero-order valence-electron chi connectivity index (χ0n) is 11.6. The van der Waals surface area contributed by atoms with Crippen LogP contribution in [0.15, 0.2) is 18.2 Å².